The molecule has 0 amide bonds. The number of H-pyrrole nitrogens is 1. The van der Waals surface area contributed by atoms with Gasteiger partial charge in [0.1, 0.15) is 5.75 Å². The Labute approximate surface area is 138 Å². The van der Waals surface area contributed by atoms with Crippen molar-refractivity contribution in [2.24, 2.45) is 0 Å². The second-order valence-corrected chi connectivity index (χ2v) is 6.03. The fourth-order valence-corrected chi connectivity index (χ4v) is 2.95. The largest absolute Gasteiger partial charge is 0.492 e. The summed E-state index contributed by atoms with van der Waals surface area (Å²) >= 11 is 3.51. The molecule has 22 heavy (non-hydrogen) atoms. The zero-order valence-corrected chi connectivity index (χ0v) is 14.1. The van der Waals surface area contributed by atoms with Crippen molar-refractivity contribution in [3.8, 4) is 5.75 Å². The number of aromatic amines is 1. The van der Waals surface area contributed by atoms with E-state index >= 15 is 0 Å². The van der Waals surface area contributed by atoms with Crippen LogP contribution in [0.3, 0.4) is 0 Å². The molecule has 2 N–H and O–H groups in total. The minimum Gasteiger partial charge on any atom is -0.492 e. The Bertz CT molecular complexity index is 767. The van der Waals surface area contributed by atoms with E-state index in [-0.39, 0.29) is 0 Å². The molecule has 0 fully saturated rings. The van der Waals surface area contributed by atoms with Crippen molar-refractivity contribution in [1.82, 2.24) is 4.98 Å². The van der Waals surface area contributed by atoms with E-state index in [1.807, 2.05) is 19.1 Å². The molecule has 3 rings (SSSR count). The molecule has 0 radical (unpaired) electrons. The highest BCUT2D eigenvalue weighted by molar-refractivity contribution is 9.10. The maximum atomic E-state index is 5.66. The second-order valence-electron chi connectivity index (χ2n) is 5.11. The molecule has 4 heteroatoms. The number of benzene rings is 2. The molecule has 3 aromatic rings. The van der Waals surface area contributed by atoms with E-state index < -0.39 is 0 Å². The molecule has 0 saturated carbocycles. The van der Waals surface area contributed by atoms with Gasteiger partial charge in [0.2, 0.25) is 0 Å². The third-order valence-corrected chi connectivity index (χ3v) is 4.12. The number of aromatic nitrogens is 1. The number of hydrogen-bond acceptors (Lipinski definition) is 2. The highest BCUT2D eigenvalue weighted by Crippen LogP contribution is 2.28. The Kier molecular flexibility index (Phi) is 4.68. The smallest absolute Gasteiger partial charge is 0.142 e. The van der Waals surface area contributed by atoms with Crippen molar-refractivity contribution in [1.29, 1.82) is 0 Å². The van der Waals surface area contributed by atoms with Gasteiger partial charge in [0.15, 0.2) is 0 Å². The van der Waals surface area contributed by atoms with E-state index in [0.717, 1.165) is 28.9 Å². The van der Waals surface area contributed by atoms with Gasteiger partial charge in [-0.2, -0.15) is 0 Å². The van der Waals surface area contributed by atoms with E-state index in [1.54, 1.807) is 0 Å². The topological polar surface area (TPSA) is 37.0 Å². The molecule has 3 nitrogen and oxygen atoms in total. The van der Waals surface area contributed by atoms with E-state index in [2.05, 4.69) is 62.8 Å². The van der Waals surface area contributed by atoms with Gasteiger partial charge in [0, 0.05) is 28.1 Å². The molecule has 0 atom stereocenters. The predicted molar refractivity (Wildman–Crippen MR) is 95.8 cm³/mol. The number of ether oxygens (including phenoxy) is 1. The predicted octanol–water partition coefficient (Wildman–Crippen LogP) is 4.98. The van der Waals surface area contributed by atoms with E-state index in [4.69, 9.17) is 4.74 Å². The van der Waals surface area contributed by atoms with Gasteiger partial charge in [0.25, 0.3) is 0 Å². The van der Waals surface area contributed by atoms with Gasteiger partial charge in [-0.05, 0) is 43.2 Å². The van der Waals surface area contributed by atoms with E-state index in [9.17, 15) is 0 Å². The Hall–Kier alpha value is -1.94. The fourth-order valence-electron chi connectivity index (χ4n) is 2.59. The minimum absolute atomic E-state index is 0.665. The maximum Gasteiger partial charge on any atom is 0.142 e. The molecule has 2 aromatic carbocycles. The van der Waals surface area contributed by atoms with Crippen LogP contribution >= 0.6 is 15.9 Å². The van der Waals surface area contributed by atoms with Gasteiger partial charge < -0.3 is 15.0 Å². The molecular formula is C18H19BrN2O. The lowest BCUT2D eigenvalue weighted by molar-refractivity contribution is 0.341. The average molecular weight is 359 g/mol. The van der Waals surface area contributed by atoms with Gasteiger partial charge in [-0.1, -0.05) is 34.1 Å². The molecular weight excluding hydrogens is 340 g/mol. The summed E-state index contributed by atoms with van der Waals surface area (Å²) in [5.74, 6) is 0.893. The van der Waals surface area contributed by atoms with Crippen LogP contribution in [0.15, 0.2) is 53.1 Å². The minimum atomic E-state index is 0.665. The van der Waals surface area contributed by atoms with Crippen LogP contribution in [0.2, 0.25) is 0 Å². The van der Waals surface area contributed by atoms with Crippen molar-refractivity contribution in [3.63, 3.8) is 0 Å². The lowest BCUT2D eigenvalue weighted by atomic mass is 10.1. The van der Waals surface area contributed by atoms with Crippen LogP contribution in [-0.2, 0) is 6.42 Å². The Morgan fingerprint density at radius 1 is 1.18 bits per heavy atom. The van der Waals surface area contributed by atoms with Crippen LogP contribution in [0.5, 0.6) is 5.75 Å². The molecule has 0 unspecified atom stereocenters. The number of nitrogens with one attached hydrogen (secondary N) is 2. The van der Waals surface area contributed by atoms with Gasteiger partial charge in [-0.3, -0.25) is 0 Å². The number of para-hydroxylation sites is 1. The molecule has 114 valence electrons. The van der Waals surface area contributed by atoms with Gasteiger partial charge in [-0.15, -0.1) is 0 Å². The van der Waals surface area contributed by atoms with Crippen LogP contribution in [0.1, 0.15) is 12.5 Å². The van der Waals surface area contributed by atoms with E-state index in [0.29, 0.717) is 6.61 Å². The highest BCUT2D eigenvalue weighted by Gasteiger charge is 2.06. The molecule has 0 aliphatic heterocycles. The third kappa shape index (κ3) is 3.28. The van der Waals surface area contributed by atoms with Crippen molar-refractivity contribution in [2.75, 3.05) is 18.5 Å². The zero-order chi connectivity index (χ0) is 15.4. The summed E-state index contributed by atoms with van der Waals surface area (Å²) in [6.45, 7) is 3.52. The normalized spacial score (nSPS) is 10.8. The number of anilines is 1. The van der Waals surface area contributed by atoms with Crippen LogP contribution in [0, 0.1) is 0 Å². The lowest BCUT2D eigenvalue weighted by Gasteiger charge is -2.12. The van der Waals surface area contributed by atoms with Crippen molar-refractivity contribution >= 4 is 32.5 Å². The van der Waals surface area contributed by atoms with Crippen LogP contribution in [0.4, 0.5) is 5.69 Å². The third-order valence-electron chi connectivity index (χ3n) is 3.63. The summed E-state index contributed by atoms with van der Waals surface area (Å²) < 4.78 is 6.71. The number of halogens is 1. The molecule has 1 heterocycles. The van der Waals surface area contributed by atoms with Crippen molar-refractivity contribution < 1.29 is 4.74 Å². The Balaban J connectivity index is 1.69. The molecule has 0 bridgehead atoms. The summed E-state index contributed by atoms with van der Waals surface area (Å²) in [7, 11) is 0. The SMILES string of the molecule is CCOc1ccc(Br)cc1NCCc1c[nH]c2ccccc12. The Morgan fingerprint density at radius 3 is 2.91 bits per heavy atom. The summed E-state index contributed by atoms with van der Waals surface area (Å²) in [5.41, 5.74) is 3.54. The first-order valence-electron chi connectivity index (χ1n) is 7.49. The zero-order valence-electron chi connectivity index (χ0n) is 12.5. The summed E-state index contributed by atoms with van der Waals surface area (Å²) in [6.07, 6.45) is 3.05. The second kappa shape index (κ2) is 6.88. The highest BCUT2D eigenvalue weighted by atomic mass is 79.9. The molecule has 0 saturated heterocycles. The van der Waals surface area contributed by atoms with Gasteiger partial charge in [0.05, 0.1) is 12.3 Å². The van der Waals surface area contributed by atoms with E-state index in [1.165, 1.54) is 16.5 Å². The van der Waals surface area contributed by atoms with Crippen LogP contribution in [-0.4, -0.2) is 18.1 Å². The van der Waals surface area contributed by atoms with Crippen LogP contribution in [0.25, 0.3) is 10.9 Å². The van der Waals surface area contributed by atoms with Crippen molar-refractivity contribution in [2.45, 2.75) is 13.3 Å². The maximum absolute atomic E-state index is 5.66. The number of hydrogen-bond donors (Lipinski definition) is 2. The molecule has 0 aliphatic rings. The molecule has 0 spiro atoms. The first-order valence-corrected chi connectivity index (χ1v) is 8.28. The summed E-state index contributed by atoms with van der Waals surface area (Å²) in [5, 5.41) is 4.77. The quantitative estimate of drug-likeness (QED) is 0.651. The fraction of sp³-hybridized carbons (Fsp3) is 0.222. The Morgan fingerprint density at radius 2 is 2.05 bits per heavy atom. The number of rotatable bonds is 6. The average Bonchev–Trinajstić information content (AvgIpc) is 2.94. The van der Waals surface area contributed by atoms with Crippen LogP contribution < -0.4 is 10.1 Å². The number of fused-ring (bicyclic) bond motifs is 1. The summed E-state index contributed by atoms with van der Waals surface area (Å²) in [6, 6.07) is 14.4. The van der Waals surface area contributed by atoms with Gasteiger partial charge in [-0.25, -0.2) is 0 Å². The summed E-state index contributed by atoms with van der Waals surface area (Å²) in [4.78, 5) is 3.32. The van der Waals surface area contributed by atoms with Crippen molar-refractivity contribution in [3.05, 3.63) is 58.7 Å². The molecule has 0 aliphatic carbocycles. The standard InChI is InChI=1S/C18H19BrN2O/c1-2-22-18-8-7-14(19)11-17(18)20-10-9-13-12-21-16-6-4-3-5-15(13)16/h3-8,11-12,20-21H,2,9-10H2,1H3. The van der Waals surface area contributed by atoms with Gasteiger partial charge >= 0.3 is 0 Å². The first-order chi connectivity index (χ1) is 10.8. The molecule has 1 aromatic heterocycles. The monoisotopic (exact) mass is 358 g/mol. The lowest BCUT2D eigenvalue weighted by Crippen LogP contribution is -2.06. The first kappa shape index (κ1) is 15.0.